The molecule has 2 amide bonds. The van der Waals surface area contributed by atoms with Crippen molar-refractivity contribution >= 4 is 41.1 Å². The maximum absolute atomic E-state index is 13.2. The van der Waals surface area contributed by atoms with Crippen LogP contribution in [0.25, 0.3) is 0 Å². The van der Waals surface area contributed by atoms with Crippen LogP contribution in [0, 0.1) is 0 Å². The molecule has 1 unspecified atom stereocenters. The number of amides is 2. The number of aliphatic hydroxyl groups is 1. The Morgan fingerprint density at radius 3 is 1.93 bits per heavy atom. The lowest BCUT2D eigenvalue weighted by Crippen LogP contribution is -2.50. The highest BCUT2D eigenvalue weighted by Gasteiger charge is 2.41. The van der Waals surface area contributed by atoms with Crippen LogP contribution in [0.3, 0.4) is 0 Å². The van der Waals surface area contributed by atoms with E-state index in [0.717, 1.165) is 44.0 Å². The number of rotatable bonds is 10. The normalized spacial score (nSPS) is 16.5. The number of carbonyl (C=O) groups excluding carboxylic acids is 2. The molecule has 0 radical (unpaired) electrons. The fraction of sp³-hybridized carbons (Fsp3) is 0.433. The summed E-state index contributed by atoms with van der Waals surface area (Å²) < 4.78 is 0. The summed E-state index contributed by atoms with van der Waals surface area (Å²) in [6, 6.07) is 17.9. The minimum absolute atomic E-state index is 0.0176. The van der Waals surface area contributed by atoms with Gasteiger partial charge in [0.2, 0.25) is 11.8 Å². The zero-order valence-electron chi connectivity index (χ0n) is 24.3. The smallest absolute Gasteiger partial charge is 0.336 e. The molecule has 13 nitrogen and oxygen atoms in total. The van der Waals surface area contributed by atoms with Gasteiger partial charge >= 0.3 is 17.9 Å². The molecule has 4 rings (SSSR count). The van der Waals surface area contributed by atoms with E-state index in [-0.39, 0.29) is 11.8 Å². The molecule has 13 heteroatoms. The number of anilines is 2. The van der Waals surface area contributed by atoms with Crippen LogP contribution >= 0.6 is 0 Å². The average molecular weight is 599 g/mol. The molecule has 0 bridgehead atoms. The van der Waals surface area contributed by atoms with E-state index in [1.54, 1.807) is 23.9 Å². The third-order valence-corrected chi connectivity index (χ3v) is 7.39. The van der Waals surface area contributed by atoms with Gasteiger partial charge in [0.1, 0.15) is 6.04 Å². The zero-order valence-corrected chi connectivity index (χ0v) is 24.3. The summed E-state index contributed by atoms with van der Waals surface area (Å²) in [4.78, 5) is 64.5. The lowest BCUT2D eigenvalue weighted by Gasteiger charge is -2.36. The van der Waals surface area contributed by atoms with Crippen LogP contribution in [0.1, 0.15) is 24.8 Å². The lowest BCUT2D eigenvalue weighted by atomic mass is 9.96. The number of piperazine rings is 1. The molecule has 4 N–H and O–H groups in total. The van der Waals surface area contributed by atoms with E-state index in [1.165, 1.54) is 5.69 Å². The highest BCUT2D eigenvalue weighted by atomic mass is 16.4. The molecule has 2 aromatic carbocycles. The Balaban J connectivity index is 0.000000331. The SMILES string of the molecule is CN(C)C(=O)C1Cc2ccccc2N1C(=O)CCN1CCN(c2ccccc2)CC1.O=C(O)CC(O)(CC(=O)O)C(=O)O. The summed E-state index contributed by atoms with van der Waals surface area (Å²) in [5, 5.41) is 33.8. The van der Waals surface area contributed by atoms with Gasteiger partial charge in [-0.15, -0.1) is 0 Å². The van der Waals surface area contributed by atoms with Gasteiger partial charge in [-0.3, -0.25) is 29.0 Å². The molecule has 1 fully saturated rings. The minimum Gasteiger partial charge on any atom is -0.481 e. The van der Waals surface area contributed by atoms with Crippen LogP contribution < -0.4 is 9.80 Å². The molecular formula is C30H38N4O9. The molecule has 0 spiro atoms. The highest BCUT2D eigenvalue weighted by Crippen LogP contribution is 2.33. The van der Waals surface area contributed by atoms with Crippen molar-refractivity contribution in [3.8, 4) is 0 Å². The number of fused-ring (bicyclic) bond motifs is 1. The van der Waals surface area contributed by atoms with Crippen molar-refractivity contribution in [2.24, 2.45) is 0 Å². The minimum atomic E-state index is -2.74. The molecule has 2 aliphatic rings. The largest absolute Gasteiger partial charge is 0.481 e. The molecule has 0 saturated carbocycles. The molecule has 2 aliphatic heterocycles. The third-order valence-electron chi connectivity index (χ3n) is 7.39. The first-order valence-corrected chi connectivity index (χ1v) is 13.8. The predicted octanol–water partition coefficient (Wildman–Crippen LogP) is 0.996. The summed E-state index contributed by atoms with van der Waals surface area (Å²) in [5.74, 6) is -5.00. The van der Waals surface area contributed by atoms with Crippen LogP contribution in [0.4, 0.5) is 11.4 Å². The van der Waals surface area contributed by atoms with E-state index >= 15 is 0 Å². The Morgan fingerprint density at radius 2 is 1.40 bits per heavy atom. The van der Waals surface area contributed by atoms with Crippen molar-refractivity contribution in [3.63, 3.8) is 0 Å². The number of nitrogens with zero attached hydrogens (tertiary/aromatic N) is 4. The maximum Gasteiger partial charge on any atom is 0.336 e. The summed E-state index contributed by atoms with van der Waals surface area (Å²) in [6.45, 7) is 4.54. The second-order valence-electron chi connectivity index (χ2n) is 10.7. The van der Waals surface area contributed by atoms with E-state index in [4.69, 9.17) is 20.4 Å². The van der Waals surface area contributed by atoms with Crippen LogP contribution in [0.5, 0.6) is 0 Å². The van der Waals surface area contributed by atoms with Gasteiger partial charge in [-0.05, 0) is 23.8 Å². The number of hydrogen-bond acceptors (Lipinski definition) is 8. The molecule has 43 heavy (non-hydrogen) atoms. The average Bonchev–Trinajstić information content (AvgIpc) is 3.35. The molecule has 2 aromatic rings. The lowest BCUT2D eigenvalue weighted by molar-refractivity contribution is -0.170. The van der Waals surface area contributed by atoms with E-state index in [1.807, 2.05) is 30.3 Å². The van der Waals surface area contributed by atoms with E-state index in [0.29, 0.717) is 12.8 Å². The highest BCUT2D eigenvalue weighted by molar-refractivity contribution is 6.03. The number of carboxylic acids is 3. The van der Waals surface area contributed by atoms with Crippen molar-refractivity contribution in [3.05, 3.63) is 60.2 Å². The number of aliphatic carboxylic acids is 3. The monoisotopic (exact) mass is 598 g/mol. The third kappa shape index (κ3) is 8.75. The fourth-order valence-electron chi connectivity index (χ4n) is 5.15. The first-order valence-electron chi connectivity index (χ1n) is 13.8. The van der Waals surface area contributed by atoms with Gasteiger partial charge in [0, 0.05) is 71.0 Å². The van der Waals surface area contributed by atoms with Crippen LogP contribution in [-0.4, -0.2) is 118 Å². The predicted molar refractivity (Wildman–Crippen MR) is 157 cm³/mol. The number of benzene rings is 2. The van der Waals surface area contributed by atoms with Gasteiger partial charge in [-0.25, -0.2) is 4.79 Å². The maximum atomic E-state index is 13.2. The Bertz CT molecular complexity index is 1290. The van der Waals surface area contributed by atoms with Crippen LogP contribution in [-0.2, 0) is 30.4 Å². The molecule has 1 saturated heterocycles. The van der Waals surface area contributed by atoms with E-state index in [2.05, 4.69) is 34.1 Å². The molecule has 1 atom stereocenters. The number of likely N-dealkylation sites (N-methyl/N-ethyl adjacent to an activating group) is 1. The topological polar surface area (TPSA) is 179 Å². The van der Waals surface area contributed by atoms with Crippen molar-refractivity contribution in [2.75, 3.05) is 56.6 Å². The van der Waals surface area contributed by atoms with E-state index in [9.17, 15) is 24.0 Å². The van der Waals surface area contributed by atoms with Crippen molar-refractivity contribution in [1.82, 2.24) is 9.80 Å². The quantitative estimate of drug-likeness (QED) is 0.306. The van der Waals surface area contributed by atoms with Gasteiger partial charge in [-0.1, -0.05) is 36.4 Å². The van der Waals surface area contributed by atoms with Crippen LogP contribution in [0.15, 0.2) is 54.6 Å². The van der Waals surface area contributed by atoms with Gasteiger partial charge in [0.05, 0.1) is 12.8 Å². The van der Waals surface area contributed by atoms with E-state index < -0.39 is 42.4 Å². The Labute approximate surface area is 249 Å². The van der Waals surface area contributed by atoms with Crippen molar-refractivity contribution in [2.45, 2.75) is 37.3 Å². The molecular weight excluding hydrogens is 560 g/mol. The summed E-state index contributed by atoms with van der Waals surface area (Å²) in [7, 11) is 3.50. The Morgan fingerprint density at radius 1 is 0.837 bits per heavy atom. The Kier molecular flexibility index (Phi) is 11.2. The van der Waals surface area contributed by atoms with Gasteiger partial charge in [-0.2, -0.15) is 0 Å². The number of carboxylic acid groups (broad SMARTS) is 3. The first kappa shape index (κ1) is 33.0. The van der Waals surface area contributed by atoms with Crippen LogP contribution in [0.2, 0.25) is 0 Å². The number of para-hydroxylation sites is 2. The fourth-order valence-corrected chi connectivity index (χ4v) is 5.15. The standard InChI is InChI=1S/C24H30N4O2.C6H8O7/c1-25(2)24(30)22-18-19-8-6-7-11-21(19)28(22)23(29)12-13-26-14-16-27(17-15-26)20-9-4-3-5-10-20;7-3(8)1-6(13,5(11)12)2-4(9)10/h3-11,22H,12-18H2,1-2H3;13H,1-2H2,(H,7,8)(H,9,10)(H,11,12). The molecule has 0 aromatic heterocycles. The second-order valence-corrected chi connectivity index (χ2v) is 10.7. The second kappa shape index (κ2) is 14.6. The number of carbonyl (C=O) groups is 5. The molecule has 232 valence electrons. The molecule has 2 heterocycles. The zero-order chi connectivity index (χ0) is 31.7. The molecule has 0 aliphatic carbocycles. The van der Waals surface area contributed by atoms with Crippen molar-refractivity contribution in [1.29, 1.82) is 0 Å². The summed E-state index contributed by atoms with van der Waals surface area (Å²) in [5.41, 5.74) is 0.476. The summed E-state index contributed by atoms with van der Waals surface area (Å²) in [6.07, 6.45) is -1.27. The Hall–Kier alpha value is -4.49. The van der Waals surface area contributed by atoms with Crippen molar-refractivity contribution < 1.29 is 44.4 Å². The first-order chi connectivity index (χ1) is 20.3. The van der Waals surface area contributed by atoms with Gasteiger partial charge < -0.3 is 30.2 Å². The number of hydrogen-bond donors (Lipinski definition) is 4. The van der Waals surface area contributed by atoms with Gasteiger partial charge in [0.25, 0.3) is 0 Å². The van der Waals surface area contributed by atoms with Gasteiger partial charge in [0.15, 0.2) is 5.60 Å². The summed E-state index contributed by atoms with van der Waals surface area (Å²) >= 11 is 0.